The van der Waals surface area contributed by atoms with Gasteiger partial charge in [-0.2, -0.15) is 5.10 Å². The summed E-state index contributed by atoms with van der Waals surface area (Å²) in [5.41, 5.74) is 9.60. The maximum atomic E-state index is 5.96. The highest BCUT2D eigenvalue weighted by atomic mass is 127. The molecule has 0 aliphatic heterocycles. The number of hydrogen-bond acceptors (Lipinski definition) is 2. The Morgan fingerprint density at radius 1 is 0.950 bits per heavy atom. The van der Waals surface area contributed by atoms with Gasteiger partial charge in [-0.3, -0.25) is 0 Å². The third-order valence-corrected chi connectivity index (χ3v) is 4.06. The normalized spacial score (nSPS) is 10.7. The van der Waals surface area contributed by atoms with E-state index in [-0.39, 0.29) is 0 Å². The predicted molar refractivity (Wildman–Crippen MR) is 90.3 cm³/mol. The summed E-state index contributed by atoms with van der Waals surface area (Å²) in [7, 11) is 0. The van der Waals surface area contributed by atoms with Crippen molar-refractivity contribution in [2.24, 2.45) is 0 Å². The van der Waals surface area contributed by atoms with E-state index < -0.39 is 0 Å². The summed E-state index contributed by atoms with van der Waals surface area (Å²) in [4.78, 5) is 0. The second kappa shape index (κ2) is 5.66. The molecule has 0 aliphatic carbocycles. The zero-order chi connectivity index (χ0) is 13.9. The molecule has 0 atom stereocenters. The predicted octanol–water partition coefficient (Wildman–Crippen LogP) is 3.79. The van der Waals surface area contributed by atoms with Gasteiger partial charge in [0.25, 0.3) is 0 Å². The Hall–Kier alpha value is -1.82. The second-order valence-corrected chi connectivity index (χ2v) is 5.76. The number of benzene rings is 2. The summed E-state index contributed by atoms with van der Waals surface area (Å²) in [6.45, 7) is 0.698. The van der Waals surface area contributed by atoms with Gasteiger partial charge in [-0.1, -0.05) is 54.6 Å². The van der Waals surface area contributed by atoms with Crippen molar-refractivity contribution in [3.05, 3.63) is 69.9 Å². The van der Waals surface area contributed by atoms with E-state index in [1.165, 1.54) is 16.7 Å². The Morgan fingerprint density at radius 2 is 1.60 bits per heavy atom. The Morgan fingerprint density at radius 3 is 2.20 bits per heavy atom. The number of nitrogens with zero attached hydrogens (tertiary/aromatic N) is 2. The zero-order valence-corrected chi connectivity index (χ0v) is 13.0. The Bertz CT molecular complexity index is 702. The lowest BCUT2D eigenvalue weighted by molar-refractivity contribution is 0.697. The molecule has 2 N–H and O–H groups in total. The summed E-state index contributed by atoms with van der Waals surface area (Å²) < 4.78 is 2.81. The van der Waals surface area contributed by atoms with Gasteiger partial charge in [0.2, 0.25) is 0 Å². The van der Waals surface area contributed by atoms with E-state index in [0.717, 1.165) is 9.39 Å². The van der Waals surface area contributed by atoms with Crippen LogP contribution in [0.25, 0.3) is 11.1 Å². The van der Waals surface area contributed by atoms with E-state index >= 15 is 0 Å². The Kier molecular flexibility index (Phi) is 3.73. The van der Waals surface area contributed by atoms with E-state index in [0.29, 0.717) is 6.54 Å². The third-order valence-electron chi connectivity index (χ3n) is 3.23. The van der Waals surface area contributed by atoms with Crippen LogP contribution < -0.4 is 5.73 Å². The van der Waals surface area contributed by atoms with Gasteiger partial charge < -0.3 is 5.73 Å². The highest BCUT2D eigenvalue weighted by Crippen LogP contribution is 2.20. The van der Waals surface area contributed by atoms with Crippen molar-refractivity contribution in [2.45, 2.75) is 6.54 Å². The van der Waals surface area contributed by atoms with E-state index in [4.69, 9.17) is 5.73 Å². The highest BCUT2D eigenvalue weighted by molar-refractivity contribution is 14.1. The zero-order valence-electron chi connectivity index (χ0n) is 10.8. The Labute approximate surface area is 131 Å². The number of nitrogen functional groups attached to an aromatic ring is 1. The molecule has 0 spiro atoms. The quantitative estimate of drug-likeness (QED) is 0.708. The van der Waals surface area contributed by atoms with Crippen LogP contribution in [0.4, 0.5) is 5.82 Å². The van der Waals surface area contributed by atoms with Gasteiger partial charge in [0.15, 0.2) is 0 Å². The lowest BCUT2D eigenvalue weighted by Gasteiger charge is -2.06. The summed E-state index contributed by atoms with van der Waals surface area (Å²) in [5, 5.41) is 4.28. The molecular formula is C16H14IN3. The standard InChI is InChI=1S/C16H14IN3/c17-15-10-19-20(16(15)18)11-12-6-8-14(9-7-12)13-4-2-1-3-5-13/h1-10H,11,18H2. The van der Waals surface area contributed by atoms with Crippen LogP contribution in [-0.2, 0) is 6.54 Å². The molecule has 1 aromatic heterocycles. The van der Waals surface area contributed by atoms with Crippen molar-refractivity contribution in [3.63, 3.8) is 0 Å². The molecule has 1 heterocycles. The van der Waals surface area contributed by atoms with E-state index in [1.54, 1.807) is 6.20 Å². The average molecular weight is 375 g/mol. The minimum Gasteiger partial charge on any atom is -0.383 e. The summed E-state index contributed by atoms with van der Waals surface area (Å²) >= 11 is 2.19. The first-order valence-corrected chi connectivity index (χ1v) is 7.43. The fourth-order valence-corrected chi connectivity index (χ4v) is 2.51. The largest absolute Gasteiger partial charge is 0.383 e. The van der Waals surface area contributed by atoms with E-state index in [1.807, 2.05) is 10.7 Å². The molecule has 20 heavy (non-hydrogen) atoms. The number of nitrogens with two attached hydrogens (primary N) is 1. The molecule has 100 valence electrons. The first-order valence-electron chi connectivity index (χ1n) is 6.35. The van der Waals surface area contributed by atoms with Crippen molar-refractivity contribution in [1.82, 2.24) is 9.78 Å². The molecule has 0 bridgehead atoms. The van der Waals surface area contributed by atoms with Crippen LogP contribution in [0.3, 0.4) is 0 Å². The van der Waals surface area contributed by atoms with Gasteiger partial charge in [0, 0.05) is 0 Å². The fraction of sp³-hybridized carbons (Fsp3) is 0.0625. The van der Waals surface area contributed by atoms with Crippen molar-refractivity contribution >= 4 is 28.4 Å². The second-order valence-electron chi connectivity index (χ2n) is 4.60. The summed E-state index contributed by atoms with van der Waals surface area (Å²) in [6, 6.07) is 18.9. The van der Waals surface area contributed by atoms with Crippen LogP contribution in [0, 0.1) is 3.57 Å². The number of halogens is 1. The fourth-order valence-electron chi connectivity index (χ4n) is 2.10. The van der Waals surface area contributed by atoms with Crippen molar-refractivity contribution in [2.75, 3.05) is 5.73 Å². The molecule has 0 aliphatic rings. The monoisotopic (exact) mass is 375 g/mol. The van der Waals surface area contributed by atoms with Gasteiger partial charge in [-0.25, -0.2) is 4.68 Å². The van der Waals surface area contributed by atoms with Crippen molar-refractivity contribution in [1.29, 1.82) is 0 Å². The number of anilines is 1. The molecule has 0 unspecified atom stereocenters. The lowest BCUT2D eigenvalue weighted by Crippen LogP contribution is -2.06. The minimum atomic E-state index is 0.698. The Balaban J connectivity index is 1.82. The molecule has 2 aromatic carbocycles. The van der Waals surface area contributed by atoms with E-state index in [2.05, 4.69) is 76.2 Å². The minimum absolute atomic E-state index is 0.698. The van der Waals surface area contributed by atoms with E-state index in [9.17, 15) is 0 Å². The lowest BCUT2D eigenvalue weighted by atomic mass is 10.0. The molecule has 4 heteroatoms. The van der Waals surface area contributed by atoms with Crippen molar-refractivity contribution in [3.8, 4) is 11.1 Å². The molecule has 0 amide bonds. The molecule has 0 radical (unpaired) electrons. The molecule has 0 saturated carbocycles. The van der Waals surface area contributed by atoms with Crippen LogP contribution in [0.15, 0.2) is 60.8 Å². The highest BCUT2D eigenvalue weighted by Gasteiger charge is 2.05. The molecule has 0 saturated heterocycles. The number of rotatable bonds is 3. The SMILES string of the molecule is Nc1c(I)cnn1Cc1ccc(-c2ccccc2)cc1. The third kappa shape index (κ3) is 2.70. The van der Waals surface area contributed by atoms with Crippen LogP contribution in [0.1, 0.15) is 5.56 Å². The van der Waals surface area contributed by atoms with Gasteiger partial charge in [-0.15, -0.1) is 0 Å². The molecule has 3 nitrogen and oxygen atoms in total. The molecule has 3 rings (SSSR count). The van der Waals surface area contributed by atoms with Gasteiger partial charge >= 0.3 is 0 Å². The molecular weight excluding hydrogens is 361 g/mol. The van der Waals surface area contributed by atoms with Crippen LogP contribution in [0.5, 0.6) is 0 Å². The van der Waals surface area contributed by atoms with Crippen LogP contribution in [-0.4, -0.2) is 9.78 Å². The maximum absolute atomic E-state index is 5.96. The molecule has 3 aromatic rings. The van der Waals surface area contributed by atoms with Crippen LogP contribution in [0.2, 0.25) is 0 Å². The van der Waals surface area contributed by atoms with Gasteiger partial charge in [0.05, 0.1) is 16.3 Å². The average Bonchev–Trinajstić information content (AvgIpc) is 2.81. The number of hydrogen-bond donors (Lipinski definition) is 1. The summed E-state index contributed by atoms with van der Waals surface area (Å²) in [5.74, 6) is 0.720. The molecule has 0 fully saturated rings. The summed E-state index contributed by atoms with van der Waals surface area (Å²) in [6.07, 6.45) is 1.79. The van der Waals surface area contributed by atoms with Crippen molar-refractivity contribution < 1.29 is 0 Å². The smallest absolute Gasteiger partial charge is 0.135 e. The first kappa shape index (κ1) is 13.2. The first-order chi connectivity index (χ1) is 9.74. The number of aromatic nitrogens is 2. The van der Waals surface area contributed by atoms with Gasteiger partial charge in [-0.05, 0) is 39.3 Å². The van der Waals surface area contributed by atoms with Crippen LogP contribution >= 0.6 is 22.6 Å². The maximum Gasteiger partial charge on any atom is 0.135 e. The van der Waals surface area contributed by atoms with Gasteiger partial charge in [0.1, 0.15) is 5.82 Å². The topological polar surface area (TPSA) is 43.8 Å².